The SMILES string of the molecule is O=[N+]([O-])C=Cc1ccc(C2Cc3c(Cl)cccc3O2)cc1. The fraction of sp³-hybridized carbons (Fsp3) is 0.125. The van der Waals surface area contributed by atoms with Crippen molar-refractivity contribution in [3.05, 3.63) is 80.5 Å². The summed E-state index contributed by atoms with van der Waals surface area (Å²) in [7, 11) is 0. The van der Waals surface area contributed by atoms with Gasteiger partial charge in [-0.15, -0.1) is 0 Å². The second-order valence-corrected chi connectivity index (χ2v) is 5.20. The Hall–Kier alpha value is -2.33. The molecule has 0 bridgehead atoms. The fourth-order valence-corrected chi connectivity index (χ4v) is 2.63. The summed E-state index contributed by atoms with van der Waals surface area (Å²) in [6.07, 6.45) is 3.06. The van der Waals surface area contributed by atoms with Crippen LogP contribution < -0.4 is 4.74 Å². The van der Waals surface area contributed by atoms with Gasteiger partial charge in [-0.2, -0.15) is 0 Å². The van der Waals surface area contributed by atoms with Crippen LogP contribution in [0.25, 0.3) is 6.08 Å². The number of ether oxygens (including phenoxy) is 1. The van der Waals surface area contributed by atoms with E-state index < -0.39 is 4.92 Å². The average molecular weight is 302 g/mol. The van der Waals surface area contributed by atoms with Crippen molar-refractivity contribution in [3.63, 3.8) is 0 Å². The lowest BCUT2D eigenvalue weighted by molar-refractivity contribution is -0.400. The third-order valence-electron chi connectivity index (χ3n) is 3.43. The van der Waals surface area contributed by atoms with Crippen LogP contribution in [0.15, 0.2) is 48.7 Å². The number of benzene rings is 2. The maximum Gasteiger partial charge on any atom is 0.235 e. The molecule has 0 spiro atoms. The molecule has 2 aromatic rings. The predicted octanol–water partition coefficient (Wildman–Crippen LogP) is 4.26. The molecule has 1 atom stereocenters. The van der Waals surface area contributed by atoms with E-state index in [1.807, 2.05) is 42.5 Å². The van der Waals surface area contributed by atoms with Crippen LogP contribution in [0.2, 0.25) is 5.02 Å². The third kappa shape index (κ3) is 2.90. The van der Waals surface area contributed by atoms with Crippen molar-refractivity contribution in [2.24, 2.45) is 0 Å². The van der Waals surface area contributed by atoms with E-state index in [0.29, 0.717) is 0 Å². The summed E-state index contributed by atoms with van der Waals surface area (Å²) in [4.78, 5) is 9.81. The summed E-state index contributed by atoms with van der Waals surface area (Å²) in [5.74, 6) is 0.824. The van der Waals surface area contributed by atoms with Gasteiger partial charge < -0.3 is 4.74 Å². The summed E-state index contributed by atoms with van der Waals surface area (Å²) >= 11 is 6.17. The van der Waals surface area contributed by atoms with E-state index in [4.69, 9.17) is 16.3 Å². The van der Waals surface area contributed by atoms with Crippen LogP contribution >= 0.6 is 11.6 Å². The van der Waals surface area contributed by atoms with E-state index in [9.17, 15) is 10.1 Å². The fourth-order valence-electron chi connectivity index (χ4n) is 2.38. The van der Waals surface area contributed by atoms with Crippen molar-refractivity contribution in [2.75, 3.05) is 0 Å². The minimum Gasteiger partial charge on any atom is -0.485 e. The van der Waals surface area contributed by atoms with Crippen LogP contribution in [0.3, 0.4) is 0 Å². The number of nitrogens with zero attached hydrogens (tertiary/aromatic N) is 1. The molecule has 0 N–H and O–H groups in total. The largest absolute Gasteiger partial charge is 0.485 e. The minimum absolute atomic E-state index is 0.0616. The maximum atomic E-state index is 10.3. The van der Waals surface area contributed by atoms with Crippen LogP contribution in [0, 0.1) is 10.1 Å². The topological polar surface area (TPSA) is 52.4 Å². The lowest BCUT2D eigenvalue weighted by atomic mass is 10.0. The molecule has 0 saturated carbocycles. The molecule has 1 aliphatic heterocycles. The zero-order chi connectivity index (χ0) is 14.8. The Morgan fingerprint density at radius 3 is 2.67 bits per heavy atom. The molecule has 5 heteroatoms. The zero-order valence-corrected chi connectivity index (χ0v) is 11.8. The van der Waals surface area contributed by atoms with E-state index in [1.54, 1.807) is 0 Å². The van der Waals surface area contributed by atoms with E-state index in [-0.39, 0.29) is 6.10 Å². The molecule has 106 valence electrons. The van der Waals surface area contributed by atoms with Gasteiger partial charge in [0.25, 0.3) is 0 Å². The van der Waals surface area contributed by atoms with Gasteiger partial charge >= 0.3 is 0 Å². The minimum atomic E-state index is -0.480. The van der Waals surface area contributed by atoms with Crippen molar-refractivity contribution in [1.82, 2.24) is 0 Å². The Morgan fingerprint density at radius 1 is 1.24 bits per heavy atom. The number of halogens is 1. The highest BCUT2D eigenvalue weighted by molar-refractivity contribution is 6.31. The summed E-state index contributed by atoms with van der Waals surface area (Å²) < 4.78 is 5.90. The number of rotatable bonds is 3. The maximum absolute atomic E-state index is 10.3. The second kappa shape index (κ2) is 5.58. The van der Waals surface area contributed by atoms with E-state index in [2.05, 4.69) is 0 Å². The smallest absolute Gasteiger partial charge is 0.235 e. The van der Waals surface area contributed by atoms with E-state index >= 15 is 0 Å². The molecule has 0 fully saturated rings. The summed E-state index contributed by atoms with van der Waals surface area (Å²) in [5, 5.41) is 11.0. The summed E-state index contributed by atoms with van der Waals surface area (Å²) in [6, 6.07) is 13.2. The monoisotopic (exact) mass is 301 g/mol. The third-order valence-corrected chi connectivity index (χ3v) is 3.79. The molecule has 0 radical (unpaired) electrons. The molecular weight excluding hydrogens is 290 g/mol. The Balaban J connectivity index is 1.78. The van der Waals surface area contributed by atoms with Gasteiger partial charge in [-0.3, -0.25) is 10.1 Å². The Labute approximate surface area is 126 Å². The first-order valence-corrected chi connectivity index (χ1v) is 6.87. The standard InChI is InChI=1S/C16H12ClNO3/c17-14-2-1-3-15-13(14)10-16(21-15)12-6-4-11(5-7-12)8-9-18(19)20/h1-9,16H,10H2. The lowest BCUT2D eigenvalue weighted by Gasteiger charge is -2.10. The van der Waals surface area contributed by atoms with Gasteiger partial charge in [0.2, 0.25) is 6.20 Å². The first-order chi connectivity index (χ1) is 10.1. The van der Waals surface area contributed by atoms with Crippen LogP contribution in [0.4, 0.5) is 0 Å². The highest BCUT2D eigenvalue weighted by Gasteiger charge is 2.25. The number of fused-ring (bicyclic) bond motifs is 1. The number of hydrogen-bond acceptors (Lipinski definition) is 3. The van der Waals surface area contributed by atoms with Crippen molar-refractivity contribution < 1.29 is 9.66 Å². The second-order valence-electron chi connectivity index (χ2n) is 4.79. The molecule has 1 unspecified atom stereocenters. The highest BCUT2D eigenvalue weighted by atomic mass is 35.5. The van der Waals surface area contributed by atoms with Gasteiger partial charge in [-0.1, -0.05) is 41.9 Å². The molecular formula is C16H12ClNO3. The molecule has 0 aromatic heterocycles. The van der Waals surface area contributed by atoms with Gasteiger partial charge in [0, 0.05) is 23.1 Å². The lowest BCUT2D eigenvalue weighted by Crippen LogP contribution is -2.02. The molecule has 0 aliphatic carbocycles. The molecule has 4 nitrogen and oxygen atoms in total. The normalized spacial score (nSPS) is 16.7. The van der Waals surface area contributed by atoms with E-state index in [1.165, 1.54) is 6.08 Å². The quantitative estimate of drug-likeness (QED) is 0.628. The van der Waals surface area contributed by atoms with Crippen molar-refractivity contribution in [3.8, 4) is 5.75 Å². The first-order valence-electron chi connectivity index (χ1n) is 6.49. The van der Waals surface area contributed by atoms with Crippen molar-refractivity contribution in [1.29, 1.82) is 0 Å². The molecule has 0 amide bonds. The Bertz CT molecular complexity index is 710. The van der Waals surface area contributed by atoms with Crippen LogP contribution in [-0.2, 0) is 6.42 Å². The zero-order valence-electron chi connectivity index (χ0n) is 11.0. The molecule has 21 heavy (non-hydrogen) atoms. The van der Waals surface area contributed by atoms with Crippen LogP contribution in [0.5, 0.6) is 5.75 Å². The predicted molar refractivity (Wildman–Crippen MR) is 81.0 cm³/mol. The Kier molecular flexibility index (Phi) is 3.62. The molecule has 2 aromatic carbocycles. The molecule has 1 heterocycles. The van der Waals surface area contributed by atoms with Gasteiger partial charge in [0.05, 0.1) is 4.92 Å². The van der Waals surface area contributed by atoms with Gasteiger partial charge in [-0.05, 0) is 23.3 Å². The molecule has 0 saturated heterocycles. The first kappa shape index (κ1) is 13.6. The molecule has 1 aliphatic rings. The highest BCUT2D eigenvalue weighted by Crippen LogP contribution is 2.40. The van der Waals surface area contributed by atoms with E-state index in [0.717, 1.165) is 40.1 Å². The summed E-state index contributed by atoms with van der Waals surface area (Å²) in [5.41, 5.74) is 2.84. The van der Waals surface area contributed by atoms with Crippen molar-refractivity contribution >= 4 is 17.7 Å². The Morgan fingerprint density at radius 2 is 2.00 bits per heavy atom. The number of hydrogen-bond donors (Lipinski definition) is 0. The van der Waals surface area contributed by atoms with Crippen LogP contribution in [0.1, 0.15) is 22.8 Å². The average Bonchev–Trinajstić information content (AvgIpc) is 2.91. The van der Waals surface area contributed by atoms with Gasteiger partial charge in [0.15, 0.2) is 0 Å². The van der Waals surface area contributed by atoms with Gasteiger partial charge in [-0.25, -0.2) is 0 Å². The molecule has 3 rings (SSSR count). The summed E-state index contributed by atoms with van der Waals surface area (Å²) in [6.45, 7) is 0. The van der Waals surface area contributed by atoms with Crippen molar-refractivity contribution in [2.45, 2.75) is 12.5 Å². The van der Waals surface area contributed by atoms with Crippen LogP contribution in [-0.4, -0.2) is 4.92 Å². The van der Waals surface area contributed by atoms with Gasteiger partial charge in [0.1, 0.15) is 11.9 Å². The number of nitro groups is 1.